The van der Waals surface area contributed by atoms with Gasteiger partial charge in [-0.15, -0.1) is 0 Å². The van der Waals surface area contributed by atoms with E-state index in [9.17, 15) is 24.5 Å². The number of carbonyl (C=O) groups excluding carboxylic acids is 3. The second-order valence-corrected chi connectivity index (χ2v) is 8.64. The molecular formula is C22H14Cl2N4O5. The van der Waals surface area contributed by atoms with Crippen LogP contribution in [0.2, 0.25) is 10.0 Å². The van der Waals surface area contributed by atoms with Gasteiger partial charge in [-0.25, -0.2) is 4.90 Å². The highest BCUT2D eigenvalue weighted by Gasteiger charge is 2.64. The molecule has 2 saturated heterocycles. The minimum atomic E-state index is -1.12. The van der Waals surface area contributed by atoms with E-state index in [2.05, 4.69) is 5.10 Å². The number of benzene rings is 2. The zero-order chi connectivity index (χ0) is 23.4. The molecule has 2 amide bonds. The van der Waals surface area contributed by atoms with Gasteiger partial charge in [-0.1, -0.05) is 41.4 Å². The maximum atomic E-state index is 13.6. The molecule has 0 bridgehead atoms. The Morgan fingerprint density at radius 3 is 2.55 bits per heavy atom. The average Bonchev–Trinajstić information content (AvgIpc) is 3.27. The molecule has 2 fully saturated rings. The normalized spacial score (nSPS) is 25.4. The first-order chi connectivity index (χ1) is 15.8. The molecule has 0 aliphatic carbocycles. The summed E-state index contributed by atoms with van der Waals surface area (Å²) in [5.41, 5.74) is -0.0131. The Morgan fingerprint density at radius 2 is 1.82 bits per heavy atom. The molecule has 0 unspecified atom stereocenters. The van der Waals surface area contributed by atoms with Crippen LogP contribution in [0, 0.1) is 22.0 Å². The summed E-state index contributed by atoms with van der Waals surface area (Å²) >= 11 is 12.2. The van der Waals surface area contributed by atoms with Crippen LogP contribution >= 0.6 is 23.2 Å². The fourth-order valence-corrected chi connectivity index (χ4v) is 5.17. The first-order valence-corrected chi connectivity index (χ1v) is 10.7. The average molecular weight is 485 g/mol. The molecule has 4 atom stereocenters. The van der Waals surface area contributed by atoms with Crippen molar-refractivity contribution in [2.75, 3.05) is 4.90 Å². The van der Waals surface area contributed by atoms with Crippen molar-refractivity contribution in [1.82, 2.24) is 5.01 Å². The predicted molar refractivity (Wildman–Crippen MR) is 120 cm³/mol. The summed E-state index contributed by atoms with van der Waals surface area (Å²) in [6.45, 7) is 0. The lowest BCUT2D eigenvalue weighted by Crippen LogP contribution is -2.46. The van der Waals surface area contributed by atoms with Crippen molar-refractivity contribution >= 4 is 58.4 Å². The molecule has 0 N–H and O–H groups in total. The molecule has 9 nitrogen and oxygen atoms in total. The quantitative estimate of drug-likeness (QED) is 0.284. The van der Waals surface area contributed by atoms with E-state index in [1.54, 1.807) is 12.2 Å². The number of carbonyl (C=O) groups is 3. The lowest BCUT2D eigenvalue weighted by atomic mass is 9.86. The summed E-state index contributed by atoms with van der Waals surface area (Å²) in [7, 11) is 0. The third-order valence-electron chi connectivity index (χ3n) is 6.05. The summed E-state index contributed by atoms with van der Waals surface area (Å²) in [5, 5.41) is 17.3. The van der Waals surface area contributed by atoms with Crippen molar-refractivity contribution < 1.29 is 19.3 Å². The minimum absolute atomic E-state index is 0.0570. The summed E-state index contributed by atoms with van der Waals surface area (Å²) in [4.78, 5) is 52.1. The first-order valence-electron chi connectivity index (χ1n) is 9.90. The zero-order valence-electron chi connectivity index (χ0n) is 16.7. The van der Waals surface area contributed by atoms with Gasteiger partial charge < -0.3 is 0 Å². The van der Waals surface area contributed by atoms with Gasteiger partial charge in [0.15, 0.2) is 5.78 Å². The van der Waals surface area contributed by atoms with Crippen molar-refractivity contribution in [3.05, 3.63) is 80.3 Å². The Kier molecular flexibility index (Phi) is 5.02. The van der Waals surface area contributed by atoms with E-state index in [0.717, 1.165) is 11.0 Å². The number of Topliss-reactive ketones (excluding diaryl/α,β-unsaturated/α-hetero) is 1. The van der Waals surface area contributed by atoms with E-state index in [-0.39, 0.29) is 22.0 Å². The topological polar surface area (TPSA) is 113 Å². The lowest BCUT2D eigenvalue weighted by molar-refractivity contribution is -0.384. The van der Waals surface area contributed by atoms with Gasteiger partial charge in [0.05, 0.1) is 33.5 Å². The number of amides is 2. The van der Waals surface area contributed by atoms with Crippen LogP contribution in [0.15, 0.2) is 59.7 Å². The van der Waals surface area contributed by atoms with Gasteiger partial charge in [0.25, 0.3) is 5.69 Å². The van der Waals surface area contributed by atoms with Crippen LogP contribution in [0.4, 0.5) is 11.4 Å². The molecule has 33 heavy (non-hydrogen) atoms. The number of hydrogen-bond donors (Lipinski definition) is 0. The van der Waals surface area contributed by atoms with Crippen LogP contribution in [0.25, 0.3) is 0 Å². The first kappa shape index (κ1) is 21.3. The van der Waals surface area contributed by atoms with E-state index in [0.29, 0.717) is 5.02 Å². The number of hydrazone groups is 1. The standard InChI is InChI=1S/C22H14Cl2N4O5/c23-12-6-7-15(14(24)10-12)26-21(30)17-16-5-2-8-25-27(16)19(18(17)22(26)31)20(29)11-3-1-4-13(9-11)28(32)33/h1-10,16-19H/t16-,17-,18-,19-/m1/s1. The molecule has 2 aromatic rings. The number of rotatable bonds is 4. The van der Waals surface area contributed by atoms with Crippen molar-refractivity contribution in [3.63, 3.8) is 0 Å². The number of nitro benzene ring substituents is 1. The largest absolute Gasteiger partial charge is 0.292 e. The Balaban J connectivity index is 1.59. The zero-order valence-corrected chi connectivity index (χ0v) is 18.2. The second-order valence-electron chi connectivity index (χ2n) is 7.80. The Morgan fingerprint density at radius 1 is 1.06 bits per heavy atom. The molecule has 3 aliphatic rings. The fraction of sp³-hybridized carbons (Fsp3) is 0.182. The number of halogens is 2. The molecule has 0 radical (unpaired) electrons. The Labute approximate surface area is 197 Å². The van der Waals surface area contributed by atoms with Crippen LogP contribution < -0.4 is 4.90 Å². The number of ketones is 1. The number of hydrogen-bond acceptors (Lipinski definition) is 7. The van der Waals surface area contributed by atoms with Crippen LogP contribution in [0.1, 0.15) is 10.4 Å². The molecule has 5 rings (SSSR count). The number of imide groups is 1. The predicted octanol–water partition coefficient (Wildman–Crippen LogP) is 3.50. The third-order valence-corrected chi connectivity index (χ3v) is 6.59. The van der Waals surface area contributed by atoms with Gasteiger partial charge in [-0.05, 0) is 24.3 Å². The molecular weight excluding hydrogens is 471 g/mol. The number of nitrogens with zero attached hydrogens (tertiary/aromatic N) is 4. The highest BCUT2D eigenvalue weighted by atomic mass is 35.5. The maximum absolute atomic E-state index is 13.6. The summed E-state index contributed by atoms with van der Waals surface area (Å²) in [5.74, 6) is -3.53. The maximum Gasteiger partial charge on any atom is 0.270 e. The Bertz CT molecular complexity index is 1290. The van der Waals surface area contributed by atoms with Crippen molar-refractivity contribution in [3.8, 4) is 0 Å². The number of allylic oxidation sites excluding steroid dienone is 1. The van der Waals surface area contributed by atoms with E-state index in [1.165, 1.54) is 47.6 Å². The van der Waals surface area contributed by atoms with E-state index in [4.69, 9.17) is 23.2 Å². The van der Waals surface area contributed by atoms with Crippen LogP contribution in [-0.2, 0) is 9.59 Å². The van der Waals surface area contributed by atoms with Crippen molar-refractivity contribution in [2.45, 2.75) is 12.1 Å². The van der Waals surface area contributed by atoms with Crippen molar-refractivity contribution in [1.29, 1.82) is 0 Å². The van der Waals surface area contributed by atoms with Gasteiger partial charge in [0, 0.05) is 28.9 Å². The van der Waals surface area contributed by atoms with Gasteiger partial charge >= 0.3 is 0 Å². The molecule has 166 valence electrons. The highest BCUT2D eigenvalue weighted by molar-refractivity contribution is 6.38. The number of anilines is 1. The fourth-order valence-electron chi connectivity index (χ4n) is 4.68. The van der Waals surface area contributed by atoms with E-state index >= 15 is 0 Å². The van der Waals surface area contributed by atoms with Gasteiger partial charge in [-0.2, -0.15) is 5.10 Å². The summed E-state index contributed by atoms with van der Waals surface area (Å²) < 4.78 is 0. The molecule has 3 aliphatic heterocycles. The van der Waals surface area contributed by atoms with Gasteiger partial charge in [0.2, 0.25) is 11.8 Å². The highest BCUT2D eigenvalue weighted by Crippen LogP contribution is 2.47. The molecule has 0 spiro atoms. The molecule has 11 heteroatoms. The summed E-state index contributed by atoms with van der Waals surface area (Å²) in [6, 6.07) is 7.95. The molecule has 2 aromatic carbocycles. The lowest BCUT2D eigenvalue weighted by Gasteiger charge is -2.30. The van der Waals surface area contributed by atoms with E-state index in [1.807, 2.05) is 0 Å². The molecule has 0 saturated carbocycles. The molecule has 3 heterocycles. The van der Waals surface area contributed by atoms with Crippen molar-refractivity contribution in [2.24, 2.45) is 16.9 Å². The number of non-ortho nitro benzene ring substituents is 1. The number of nitro groups is 1. The Hall–Kier alpha value is -3.56. The second kappa shape index (κ2) is 7.79. The van der Waals surface area contributed by atoms with E-state index < -0.39 is 46.4 Å². The summed E-state index contributed by atoms with van der Waals surface area (Å²) in [6.07, 6.45) is 4.83. The van der Waals surface area contributed by atoms with Crippen LogP contribution in [0.5, 0.6) is 0 Å². The third kappa shape index (κ3) is 3.23. The minimum Gasteiger partial charge on any atom is -0.292 e. The smallest absolute Gasteiger partial charge is 0.270 e. The van der Waals surface area contributed by atoms with Gasteiger partial charge in [0.1, 0.15) is 6.04 Å². The SMILES string of the molecule is O=C(c1cccc([N+](=O)[O-])c1)[C@H]1[C@@H]2C(=O)N(c3ccc(Cl)cc3Cl)C(=O)[C@@H]2[C@H]2C=CC=NN21. The van der Waals surface area contributed by atoms with Gasteiger partial charge in [-0.3, -0.25) is 29.5 Å². The molecule has 0 aromatic heterocycles. The van der Waals surface area contributed by atoms with Crippen LogP contribution in [0.3, 0.4) is 0 Å². The van der Waals surface area contributed by atoms with Crippen LogP contribution in [-0.4, -0.2) is 45.8 Å². The monoisotopic (exact) mass is 484 g/mol. The number of fused-ring (bicyclic) bond motifs is 3.